The molecule has 124 valence electrons. The molecule has 1 aromatic carbocycles. The number of carbonyl (C=O) groups excluding carboxylic acids is 2. The zero-order valence-electron chi connectivity index (χ0n) is 13.0. The van der Waals surface area contributed by atoms with Crippen LogP contribution in [0.4, 0.5) is 5.69 Å². The first-order valence-electron chi connectivity index (χ1n) is 7.64. The summed E-state index contributed by atoms with van der Waals surface area (Å²) in [6.07, 6.45) is 1.61. The van der Waals surface area contributed by atoms with E-state index in [1.54, 1.807) is 12.1 Å². The van der Waals surface area contributed by atoms with Crippen LogP contribution in [0.1, 0.15) is 28.1 Å². The quantitative estimate of drug-likeness (QED) is 0.501. The fourth-order valence-corrected chi connectivity index (χ4v) is 3.57. The summed E-state index contributed by atoms with van der Waals surface area (Å²) in [6, 6.07) is 10.6. The normalized spacial score (nSPS) is 16.8. The maximum Gasteiger partial charge on any atom is 0.271 e. The Kier molecular flexibility index (Phi) is 4.61. The molecule has 1 amide bonds. The number of guanidine groups is 1. The lowest BCUT2D eigenvalue weighted by atomic mass is 10.1. The van der Waals surface area contributed by atoms with Crippen molar-refractivity contribution in [3.05, 3.63) is 52.2 Å². The molecule has 1 aromatic heterocycles. The fourth-order valence-electron chi connectivity index (χ4n) is 2.89. The molecule has 6 nitrogen and oxygen atoms in total. The number of anilines is 1. The molecular weight excluding hydrogens is 324 g/mol. The summed E-state index contributed by atoms with van der Waals surface area (Å²) in [5.41, 5.74) is 12.1. The van der Waals surface area contributed by atoms with Crippen molar-refractivity contribution in [3.63, 3.8) is 0 Å². The highest BCUT2D eigenvalue weighted by molar-refractivity contribution is 7.12. The largest absolute Gasteiger partial charge is 0.370 e. The molecule has 3 rings (SSSR count). The molecule has 1 aliphatic rings. The predicted molar refractivity (Wildman–Crippen MR) is 95.4 cm³/mol. The number of hydrogen-bond acceptors (Lipinski definition) is 4. The number of ketones is 1. The number of aliphatic imine (C=N–C) groups is 1. The number of hydrogen-bond donors (Lipinski definition) is 2. The molecule has 2 heterocycles. The van der Waals surface area contributed by atoms with Gasteiger partial charge in [0.25, 0.3) is 5.91 Å². The first-order valence-corrected chi connectivity index (χ1v) is 8.52. The maximum atomic E-state index is 12.3. The monoisotopic (exact) mass is 342 g/mol. The highest BCUT2D eigenvalue weighted by Crippen LogP contribution is 2.27. The van der Waals surface area contributed by atoms with Gasteiger partial charge in [0.2, 0.25) is 5.78 Å². The first-order chi connectivity index (χ1) is 11.6. The lowest BCUT2D eigenvalue weighted by Crippen LogP contribution is -2.37. The Balaban J connectivity index is 1.79. The number of thiophene rings is 1. The molecule has 1 saturated heterocycles. The molecule has 0 saturated carbocycles. The summed E-state index contributed by atoms with van der Waals surface area (Å²) in [4.78, 5) is 30.8. The lowest BCUT2D eigenvalue weighted by Gasteiger charge is -2.24. The van der Waals surface area contributed by atoms with Gasteiger partial charge >= 0.3 is 0 Å². The molecule has 2 aromatic rings. The van der Waals surface area contributed by atoms with E-state index in [1.807, 2.05) is 34.5 Å². The van der Waals surface area contributed by atoms with E-state index in [0.29, 0.717) is 16.9 Å². The molecule has 1 aliphatic heterocycles. The van der Waals surface area contributed by atoms with Crippen LogP contribution in [0.25, 0.3) is 0 Å². The molecule has 0 unspecified atom stereocenters. The Bertz CT molecular complexity index is 764. The van der Waals surface area contributed by atoms with Gasteiger partial charge in [0.15, 0.2) is 5.96 Å². The second kappa shape index (κ2) is 6.84. The van der Waals surface area contributed by atoms with Crippen molar-refractivity contribution in [1.82, 2.24) is 0 Å². The third-order valence-corrected chi connectivity index (χ3v) is 4.85. The van der Waals surface area contributed by atoms with Crippen LogP contribution in [0.15, 0.2) is 46.8 Å². The van der Waals surface area contributed by atoms with Gasteiger partial charge in [-0.3, -0.25) is 9.59 Å². The summed E-state index contributed by atoms with van der Waals surface area (Å²) in [5.74, 6) is -0.541. The lowest BCUT2D eigenvalue weighted by molar-refractivity contribution is -0.118. The molecule has 24 heavy (non-hydrogen) atoms. The Morgan fingerprint density at radius 2 is 1.92 bits per heavy atom. The fraction of sp³-hybridized carbons (Fsp3) is 0.235. The average Bonchev–Trinajstić information content (AvgIpc) is 3.25. The zero-order valence-corrected chi connectivity index (χ0v) is 13.8. The zero-order chi connectivity index (χ0) is 17.1. The molecule has 1 atom stereocenters. The number of nitrogens with two attached hydrogens (primary N) is 2. The van der Waals surface area contributed by atoms with E-state index in [0.717, 1.165) is 18.7 Å². The van der Waals surface area contributed by atoms with Crippen LogP contribution in [-0.2, 0) is 4.79 Å². The van der Waals surface area contributed by atoms with Crippen molar-refractivity contribution >= 4 is 34.7 Å². The number of rotatable bonds is 4. The van der Waals surface area contributed by atoms with Gasteiger partial charge in [-0.05, 0) is 48.6 Å². The van der Waals surface area contributed by atoms with Gasteiger partial charge in [-0.15, -0.1) is 11.3 Å². The van der Waals surface area contributed by atoms with Crippen molar-refractivity contribution in [2.75, 3.05) is 11.4 Å². The number of carbonyl (C=O) groups is 2. The predicted octanol–water partition coefficient (Wildman–Crippen LogP) is 1.75. The second-order valence-corrected chi connectivity index (χ2v) is 6.53. The first kappa shape index (κ1) is 16.2. The van der Waals surface area contributed by atoms with E-state index in [2.05, 4.69) is 4.99 Å². The minimum atomic E-state index is -0.356. The van der Waals surface area contributed by atoms with Gasteiger partial charge in [0.05, 0.1) is 4.88 Å². The van der Waals surface area contributed by atoms with E-state index in [9.17, 15) is 9.59 Å². The van der Waals surface area contributed by atoms with Crippen LogP contribution in [0.2, 0.25) is 0 Å². The van der Waals surface area contributed by atoms with E-state index >= 15 is 0 Å². The second-order valence-electron chi connectivity index (χ2n) is 5.58. The molecule has 4 N–H and O–H groups in total. The Morgan fingerprint density at radius 3 is 2.54 bits per heavy atom. The van der Waals surface area contributed by atoms with Gasteiger partial charge in [0, 0.05) is 17.8 Å². The van der Waals surface area contributed by atoms with Crippen LogP contribution in [0.3, 0.4) is 0 Å². The minimum Gasteiger partial charge on any atom is -0.370 e. The van der Waals surface area contributed by atoms with Crippen molar-refractivity contribution in [2.45, 2.75) is 18.9 Å². The summed E-state index contributed by atoms with van der Waals surface area (Å²) >= 11 is 1.42. The number of nitrogens with zero attached hydrogens (tertiary/aromatic N) is 2. The standard InChI is InChI=1S/C17H18N4O2S/c18-17(19)20-16(23)13-3-1-9-21(13)12-7-5-11(6-8-12)15(22)14-4-2-10-24-14/h2,4-8,10,13H,1,3,9H2,(H4,18,19,20,23)/t13-/m0/s1. The molecule has 1 fully saturated rings. The van der Waals surface area contributed by atoms with E-state index in [1.165, 1.54) is 11.3 Å². The van der Waals surface area contributed by atoms with Crippen molar-refractivity contribution in [1.29, 1.82) is 0 Å². The Hall–Kier alpha value is -2.67. The summed E-state index contributed by atoms with van der Waals surface area (Å²) in [5, 5.41) is 1.88. The van der Waals surface area contributed by atoms with Gasteiger partial charge in [0.1, 0.15) is 6.04 Å². The van der Waals surface area contributed by atoms with Crippen LogP contribution < -0.4 is 16.4 Å². The van der Waals surface area contributed by atoms with Crippen LogP contribution in [0, 0.1) is 0 Å². The molecule has 0 aliphatic carbocycles. The van der Waals surface area contributed by atoms with Gasteiger partial charge in [-0.1, -0.05) is 6.07 Å². The molecule has 0 spiro atoms. The Morgan fingerprint density at radius 1 is 1.17 bits per heavy atom. The van der Waals surface area contributed by atoms with E-state index < -0.39 is 0 Å². The van der Waals surface area contributed by atoms with E-state index in [-0.39, 0.29) is 23.7 Å². The minimum absolute atomic E-state index is 0.00565. The topological polar surface area (TPSA) is 102 Å². The van der Waals surface area contributed by atoms with E-state index in [4.69, 9.17) is 11.5 Å². The van der Waals surface area contributed by atoms with Crippen LogP contribution in [-0.4, -0.2) is 30.2 Å². The number of benzene rings is 1. The molecular formula is C17H18N4O2S. The van der Waals surface area contributed by atoms with Crippen LogP contribution >= 0.6 is 11.3 Å². The maximum absolute atomic E-state index is 12.3. The van der Waals surface area contributed by atoms with Gasteiger partial charge < -0.3 is 16.4 Å². The highest BCUT2D eigenvalue weighted by Gasteiger charge is 2.31. The summed E-state index contributed by atoms with van der Waals surface area (Å²) in [6.45, 7) is 0.759. The van der Waals surface area contributed by atoms with Crippen LogP contribution in [0.5, 0.6) is 0 Å². The molecule has 0 bridgehead atoms. The molecule has 0 radical (unpaired) electrons. The number of amides is 1. The van der Waals surface area contributed by atoms with Crippen molar-refractivity contribution < 1.29 is 9.59 Å². The summed E-state index contributed by atoms with van der Waals surface area (Å²) < 4.78 is 0. The highest BCUT2D eigenvalue weighted by atomic mass is 32.1. The molecule has 7 heteroatoms. The van der Waals surface area contributed by atoms with Gasteiger partial charge in [-0.2, -0.15) is 4.99 Å². The smallest absolute Gasteiger partial charge is 0.271 e. The third kappa shape index (κ3) is 3.30. The van der Waals surface area contributed by atoms with Gasteiger partial charge in [-0.25, -0.2) is 0 Å². The summed E-state index contributed by atoms with van der Waals surface area (Å²) in [7, 11) is 0. The Labute approximate surface area is 143 Å². The average molecular weight is 342 g/mol. The SMILES string of the molecule is NC(N)=NC(=O)[C@@H]1CCCN1c1ccc(C(=O)c2cccs2)cc1. The van der Waals surface area contributed by atoms with Crippen molar-refractivity contribution in [2.24, 2.45) is 16.5 Å². The third-order valence-electron chi connectivity index (χ3n) is 3.98. The van der Waals surface area contributed by atoms with Crippen molar-refractivity contribution in [3.8, 4) is 0 Å².